The van der Waals surface area contributed by atoms with Crippen LogP contribution in [0.2, 0.25) is 6.82 Å². The maximum Gasteiger partial charge on any atom is 0.324 e. The molecule has 0 atom stereocenters. The third kappa shape index (κ3) is 5.28. The first-order valence-corrected chi connectivity index (χ1v) is 18.6. The lowest BCUT2D eigenvalue weighted by Crippen LogP contribution is -2.47. The summed E-state index contributed by atoms with van der Waals surface area (Å²) in [6.07, 6.45) is 0. The Morgan fingerprint density at radius 3 is 0.981 bits per heavy atom. The minimum atomic E-state index is -0.325. The maximum absolute atomic E-state index is 6.92. The second-order valence-corrected chi connectivity index (χ2v) is 16.1. The molecule has 0 unspecified atom stereocenters. The van der Waals surface area contributed by atoms with Gasteiger partial charge >= 0.3 is 6.92 Å². The standard InChI is InChI=1S/C50H43BO/c1-49(2,3)50(4,5)52-51(6)36-28-34(32-23-25-45-41-19-9-7-15-37(41)39-17-11-13-21-43(39)47(45)30-32)27-35(29-36)33-24-26-46-42-20-10-8-16-38(42)40-18-12-14-22-44(40)48(46)31-33/h7-31H,1-6H3. The van der Waals surface area contributed by atoms with Gasteiger partial charge in [0.15, 0.2) is 0 Å². The van der Waals surface area contributed by atoms with Gasteiger partial charge in [-0.2, -0.15) is 0 Å². The Balaban J connectivity index is 1.27. The van der Waals surface area contributed by atoms with Crippen LogP contribution in [0.4, 0.5) is 0 Å². The molecule has 0 N–H and O–H groups in total. The molecule has 0 amide bonds. The summed E-state index contributed by atoms with van der Waals surface area (Å²) in [6.45, 7) is 13.3. The zero-order chi connectivity index (χ0) is 35.8. The van der Waals surface area contributed by atoms with Crippen molar-refractivity contribution in [2.75, 3.05) is 0 Å². The predicted molar refractivity (Wildman–Crippen MR) is 228 cm³/mol. The molecule has 0 spiro atoms. The third-order valence-corrected chi connectivity index (χ3v) is 11.9. The summed E-state index contributed by atoms with van der Waals surface area (Å²) in [5.74, 6) is 0. The fraction of sp³-hybridized carbons (Fsp3) is 0.160. The fourth-order valence-corrected chi connectivity index (χ4v) is 8.08. The van der Waals surface area contributed by atoms with E-state index in [4.69, 9.17) is 4.65 Å². The molecule has 0 saturated heterocycles. The Kier molecular flexibility index (Phi) is 7.54. The molecule has 0 saturated carbocycles. The highest BCUT2D eigenvalue weighted by molar-refractivity contribution is 6.66. The SMILES string of the molecule is CB(OC(C)(C)C(C)(C)C)c1cc(-c2ccc3c4ccccc4c4ccccc4c3c2)cc(-c2ccc3c4ccccc4c4ccccc4c3c2)c1. The van der Waals surface area contributed by atoms with Gasteiger partial charge < -0.3 is 4.65 Å². The summed E-state index contributed by atoms with van der Waals surface area (Å²) in [4.78, 5) is 0. The van der Waals surface area contributed by atoms with Gasteiger partial charge in [-0.1, -0.05) is 161 Å². The second-order valence-electron chi connectivity index (χ2n) is 16.1. The summed E-state index contributed by atoms with van der Waals surface area (Å²) < 4.78 is 6.92. The van der Waals surface area contributed by atoms with Crippen LogP contribution in [0, 0.1) is 5.41 Å². The first-order valence-electron chi connectivity index (χ1n) is 18.6. The van der Waals surface area contributed by atoms with Crippen molar-refractivity contribution in [3.05, 3.63) is 152 Å². The van der Waals surface area contributed by atoms with E-state index in [0.717, 1.165) is 0 Å². The van der Waals surface area contributed by atoms with E-state index in [1.807, 2.05) is 0 Å². The molecule has 0 aliphatic rings. The van der Waals surface area contributed by atoms with E-state index in [0.29, 0.717) is 0 Å². The Morgan fingerprint density at radius 2 is 0.654 bits per heavy atom. The minimum absolute atomic E-state index is 0.0218. The molecule has 0 aliphatic carbocycles. The summed E-state index contributed by atoms with van der Waals surface area (Å²) in [5, 5.41) is 15.5. The van der Waals surface area contributed by atoms with Gasteiger partial charge in [-0.25, -0.2) is 0 Å². The molecular formula is C50H43BO. The first kappa shape index (κ1) is 32.5. The van der Waals surface area contributed by atoms with Crippen LogP contribution < -0.4 is 5.46 Å². The molecular weight excluding hydrogens is 627 g/mol. The molecule has 9 rings (SSSR count). The van der Waals surface area contributed by atoms with E-state index >= 15 is 0 Å². The predicted octanol–water partition coefficient (Wildman–Crippen LogP) is 13.6. The molecule has 0 radical (unpaired) electrons. The van der Waals surface area contributed by atoms with Gasteiger partial charge in [0.05, 0.1) is 5.60 Å². The van der Waals surface area contributed by atoms with Crippen molar-refractivity contribution in [1.82, 2.24) is 0 Å². The minimum Gasteiger partial charge on any atom is -0.426 e. The van der Waals surface area contributed by atoms with Gasteiger partial charge in [0.25, 0.3) is 0 Å². The lowest BCUT2D eigenvalue weighted by Gasteiger charge is -2.41. The van der Waals surface area contributed by atoms with Crippen LogP contribution >= 0.6 is 0 Å². The summed E-state index contributed by atoms with van der Waals surface area (Å²) >= 11 is 0. The Morgan fingerprint density at radius 1 is 0.346 bits per heavy atom. The van der Waals surface area contributed by atoms with Gasteiger partial charge in [0.2, 0.25) is 0 Å². The number of fused-ring (bicyclic) bond motifs is 12. The van der Waals surface area contributed by atoms with E-state index < -0.39 is 0 Å². The topological polar surface area (TPSA) is 9.23 Å². The molecule has 0 aliphatic heterocycles. The van der Waals surface area contributed by atoms with E-state index in [1.54, 1.807) is 0 Å². The van der Waals surface area contributed by atoms with Crippen molar-refractivity contribution in [2.45, 2.75) is 47.0 Å². The average Bonchev–Trinajstić information content (AvgIpc) is 3.17. The van der Waals surface area contributed by atoms with Crippen molar-refractivity contribution in [1.29, 1.82) is 0 Å². The number of rotatable bonds is 5. The first-order chi connectivity index (χ1) is 25.1. The molecule has 252 valence electrons. The molecule has 0 heterocycles. The fourth-order valence-electron chi connectivity index (χ4n) is 8.08. The van der Waals surface area contributed by atoms with Crippen molar-refractivity contribution in [2.24, 2.45) is 5.41 Å². The number of benzene rings is 9. The Hall–Kier alpha value is -5.44. The summed E-state index contributed by atoms with van der Waals surface area (Å²) in [6, 6.07) is 56.4. The molecule has 0 fully saturated rings. The van der Waals surface area contributed by atoms with Crippen molar-refractivity contribution in [3.63, 3.8) is 0 Å². The van der Waals surface area contributed by atoms with Gasteiger partial charge in [-0.3, -0.25) is 0 Å². The summed E-state index contributed by atoms with van der Waals surface area (Å²) in [7, 11) is 0. The molecule has 2 heteroatoms. The van der Waals surface area contributed by atoms with Crippen LogP contribution in [0.5, 0.6) is 0 Å². The number of hydrogen-bond donors (Lipinski definition) is 0. The average molecular weight is 671 g/mol. The monoisotopic (exact) mass is 670 g/mol. The van der Waals surface area contributed by atoms with Gasteiger partial charge in [0, 0.05) is 0 Å². The molecule has 0 aromatic heterocycles. The lowest BCUT2D eigenvalue weighted by atomic mass is 9.61. The largest absolute Gasteiger partial charge is 0.426 e. The van der Waals surface area contributed by atoms with Gasteiger partial charge in [-0.15, -0.1) is 0 Å². The van der Waals surface area contributed by atoms with Crippen molar-refractivity contribution < 1.29 is 4.65 Å². The Bertz CT molecular complexity index is 2610. The third-order valence-electron chi connectivity index (χ3n) is 11.9. The van der Waals surface area contributed by atoms with Gasteiger partial charge in [0.1, 0.15) is 0 Å². The van der Waals surface area contributed by atoms with E-state index in [-0.39, 0.29) is 17.9 Å². The van der Waals surface area contributed by atoms with E-state index in [9.17, 15) is 0 Å². The molecule has 0 bridgehead atoms. The van der Waals surface area contributed by atoms with E-state index in [1.165, 1.54) is 92.4 Å². The highest BCUT2D eigenvalue weighted by Crippen LogP contribution is 2.40. The van der Waals surface area contributed by atoms with Crippen LogP contribution in [0.3, 0.4) is 0 Å². The van der Waals surface area contributed by atoms with Crippen molar-refractivity contribution >= 4 is 77.0 Å². The molecule has 1 nitrogen and oxygen atoms in total. The summed E-state index contributed by atoms with van der Waals surface area (Å²) in [5.41, 5.74) is 5.63. The molecule has 9 aromatic carbocycles. The lowest BCUT2D eigenvalue weighted by molar-refractivity contribution is 0.000452. The van der Waals surface area contributed by atoms with Crippen LogP contribution in [0.1, 0.15) is 34.6 Å². The van der Waals surface area contributed by atoms with Crippen LogP contribution in [0.15, 0.2) is 152 Å². The highest BCUT2D eigenvalue weighted by atomic mass is 16.5. The van der Waals surface area contributed by atoms with Crippen LogP contribution in [0.25, 0.3) is 86.9 Å². The van der Waals surface area contributed by atoms with E-state index in [2.05, 4.69) is 193 Å². The van der Waals surface area contributed by atoms with Gasteiger partial charge in [-0.05, 0) is 130 Å². The number of hydrogen-bond acceptors (Lipinski definition) is 1. The quantitative estimate of drug-likeness (QED) is 0.131. The molecule has 52 heavy (non-hydrogen) atoms. The zero-order valence-electron chi connectivity index (χ0n) is 30.9. The maximum atomic E-state index is 6.92. The van der Waals surface area contributed by atoms with Crippen LogP contribution in [-0.2, 0) is 4.65 Å². The molecule has 9 aromatic rings. The van der Waals surface area contributed by atoms with Crippen LogP contribution in [-0.4, -0.2) is 12.5 Å². The van der Waals surface area contributed by atoms with Crippen molar-refractivity contribution in [3.8, 4) is 22.3 Å². The highest BCUT2D eigenvalue weighted by Gasteiger charge is 2.36. The Labute approximate surface area is 307 Å². The smallest absolute Gasteiger partial charge is 0.324 e. The second kappa shape index (κ2) is 12.1. The zero-order valence-corrected chi connectivity index (χ0v) is 30.9. The normalized spacial score (nSPS) is 12.5.